The van der Waals surface area contributed by atoms with Crippen LogP contribution in [-0.4, -0.2) is 10.2 Å². The van der Waals surface area contributed by atoms with Crippen LogP contribution < -0.4 is 5.73 Å². The number of aromatic amines is 1. The lowest BCUT2D eigenvalue weighted by Crippen LogP contribution is -1.91. The quantitative estimate of drug-likeness (QED) is 0.644. The molecule has 0 aliphatic carbocycles. The molecular formula is C6H7N3S. The molecule has 2 aromatic rings. The van der Waals surface area contributed by atoms with Gasteiger partial charge in [0, 0.05) is 11.4 Å². The lowest BCUT2D eigenvalue weighted by Gasteiger charge is -1.81. The van der Waals surface area contributed by atoms with Crippen molar-refractivity contribution >= 4 is 21.6 Å². The zero-order valence-electron chi connectivity index (χ0n) is 5.29. The normalized spacial score (nSPS) is 10.9. The van der Waals surface area contributed by atoms with Gasteiger partial charge in [-0.15, -0.1) is 11.3 Å². The summed E-state index contributed by atoms with van der Waals surface area (Å²) in [6.07, 6.45) is 1.82. The second-order valence-electron chi connectivity index (χ2n) is 2.06. The SMILES string of the molecule is NCc1cc2[nH]ncc2s1. The molecule has 2 heterocycles. The van der Waals surface area contributed by atoms with Crippen molar-refractivity contribution in [2.45, 2.75) is 6.54 Å². The van der Waals surface area contributed by atoms with Crippen molar-refractivity contribution in [2.24, 2.45) is 5.73 Å². The van der Waals surface area contributed by atoms with Gasteiger partial charge in [0.15, 0.2) is 0 Å². The minimum atomic E-state index is 0.618. The molecule has 10 heavy (non-hydrogen) atoms. The third-order valence-electron chi connectivity index (χ3n) is 1.38. The number of thiophene rings is 1. The van der Waals surface area contributed by atoms with Gasteiger partial charge in [-0.25, -0.2) is 0 Å². The Morgan fingerprint density at radius 1 is 1.70 bits per heavy atom. The molecule has 0 atom stereocenters. The van der Waals surface area contributed by atoms with Gasteiger partial charge in [0.1, 0.15) is 0 Å². The number of nitrogens with zero attached hydrogens (tertiary/aromatic N) is 1. The molecule has 0 saturated carbocycles. The molecule has 0 unspecified atom stereocenters. The molecule has 2 aromatic heterocycles. The number of rotatable bonds is 1. The second kappa shape index (κ2) is 2.07. The van der Waals surface area contributed by atoms with E-state index in [-0.39, 0.29) is 0 Å². The Labute approximate surface area is 61.9 Å². The first-order valence-electron chi connectivity index (χ1n) is 3.02. The van der Waals surface area contributed by atoms with Gasteiger partial charge in [0.05, 0.1) is 16.4 Å². The van der Waals surface area contributed by atoms with Crippen LogP contribution in [0.25, 0.3) is 10.2 Å². The van der Waals surface area contributed by atoms with Crippen molar-refractivity contribution in [3.8, 4) is 0 Å². The highest BCUT2D eigenvalue weighted by molar-refractivity contribution is 7.18. The molecule has 52 valence electrons. The Hall–Kier alpha value is -0.870. The maximum Gasteiger partial charge on any atom is 0.0761 e. The van der Waals surface area contributed by atoms with Crippen LogP contribution in [0.4, 0.5) is 0 Å². The molecule has 4 heteroatoms. The minimum Gasteiger partial charge on any atom is -0.326 e. The molecule has 0 saturated heterocycles. The smallest absolute Gasteiger partial charge is 0.0761 e. The first-order chi connectivity index (χ1) is 4.90. The molecule has 0 aliphatic heterocycles. The Balaban J connectivity index is 2.67. The molecule has 0 spiro atoms. The van der Waals surface area contributed by atoms with Crippen LogP contribution >= 0.6 is 11.3 Å². The van der Waals surface area contributed by atoms with E-state index in [9.17, 15) is 0 Å². The molecule has 3 nitrogen and oxygen atoms in total. The molecule has 0 amide bonds. The predicted molar refractivity (Wildman–Crippen MR) is 41.9 cm³/mol. The first kappa shape index (κ1) is 5.88. The Morgan fingerprint density at radius 3 is 3.30 bits per heavy atom. The van der Waals surface area contributed by atoms with Gasteiger partial charge in [-0.1, -0.05) is 0 Å². The first-order valence-corrected chi connectivity index (χ1v) is 3.83. The van der Waals surface area contributed by atoms with E-state index < -0.39 is 0 Å². The molecule has 0 aromatic carbocycles. The fourth-order valence-electron chi connectivity index (χ4n) is 0.902. The molecule has 0 fully saturated rings. The van der Waals surface area contributed by atoms with Crippen molar-refractivity contribution in [2.75, 3.05) is 0 Å². The summed E-state index contributed by atoms with van der Waals surface area (Å²) in [5, 5.41) is 6.76. The molecular weight excluding hydrogens is 146 g/mol. The Bertz CT molecular complexity index is 307. The second-order valence-corrected chi connectivity index (χ2v) is 3.23. The van der Waals surface area contributed by atoms with E-state index in [2.05, 4.69) is 10.2 Å². The molecule has 2 rings (SSSR count). The van der Waals surface area contributed by atoms with E-state index >= 15 is 0 Å². The van der Waals surface area contributed by atoms with Gasteiger partial charge in [-0.3, -0.25) is 5.10 Å². The van der Waals surface area contributed by atoms with Crippen LogP contribution in [0.1, 0.15) is 4.88 Å². The highest BCUT2D eigenvalue weighted by atomic mass is 32.1. The maximum atomic E-state index is 5.45. The largest absolute Gasteiger partial charge is 0.326 e. The maximum absolute atomic E-state index is 5.45. The summed E-state index contributed by atoms with van der Waals surface area (Å²) >= 11 is 1.69. The van der Waals surface area contributed by atoms with Gasteiger partial charge in [-0.05, 0) is 6.07 Å². The summed E-state index contributed by atoms with van der Waals surface area (Å²) in [5.41, 5.74) is 6.54. The van der Waals surface area contributed by atoms with Gasteiger partial charge in [0.2, 0.25) is 0 Å². The fourth-order valence-corrected chi connectivity index (χ4v) is 1.76. The highest BCUT2D eigenvalue weighted by Crippen LogP contribution is 2.22. The Kier molecular flexibility index (Phi) is 1.22. The van der Waals surface area contributed by atoms with E-state index in [0.717, 1.165) is 5.52 Å². The van der Waals surface area contributed by atoms with Gasteiger partial charge in [-0.2, -0.15) is 5.10 Å². The molecule has 3 N–H and O–H groups in total. The van der Waals surface area contributed by atoms with Crippen molar-refractivity contribution in [1.82, 2.24) is 10.2 Å². The zero-order chi connectivity index (χ0) is 6.97. The number of hydrogen-bond acceptors (Lipinski definition) is 3. The number of aromatic nitrogens is 2. The summed E-state index contributed by atoms with van der Waals surface area (Å²) in [5.74, 6) is 0. The lowest BCUT2D eigenvalue weighted by atomic mass is 10.4. The number of fused-ring (bicyclic) bond motifs is 1. The highest BCUT2D eigenvalue weighted by Gasteiger charge is 1.99. The van der Waals surface area contributed by atoms with E-state index in [1.807, 2.05) is 12.3 Å². The average molecular weight is 153 g/mol. The van der Waals surface area contributed by atoms with Crippen molar-refractivity contribution in [3.63, 3.8) is 0 Å². The Morgan fingerprint density at radius 2 is 2.60 bits per heavy atom. The van der Waals surface area contributed by atoms with Crippen LogP contribution in [0.2, 0.25) is 0 Å². The summed E-state index contributed by atoms with van der Waals surface area (Å²) in [6, 6.07) is 2.03. The van der Waals surface area contributed by atoms with E-state index in [1.54, 1.807) is 11.3 Å². The monoisotopic (exact) mass is 153 g/mol. The summed E-state index contributed by atoms with van der Waals surface area (Å²) < 4.78 is 1.18. The summed E-state index contributed by atoms with van der Waals surface area (Å²) in [6.45, 7) is 0.618. The predicted octanol–water partition coefficient (Wildman–Crippen LogP) is 1.08. The topological polar surface area (TPSA) is 54.7 Å². The molecule has 0 aliphatic rings. The lowest BCUT2D eigenvalue weighted by molar-refractivity contribution is 1.09. The molecule has 0 bridgehead atoms. The third-order valence-corrected chi connectivity index (χ3v) is 2.47. The van der Waals surface area contributed by atoms with E-state index in [4.69, 9.17) is 5.73 Å². The third kappa shape index (κ3) is 0.732. The average Bonchev–Trinajstić information content (AvgIpc) is 2.42. The standard InChI is InChI=1S/C6H7N3S/c7-2-4-1-5-6(10-4)3-8-9-5/h1,3H,2,7H2,(H,8,9). The zero-order valence-corrected chi connectivity index (χ0v) is 6.11. The van der Waals surface area contributed by atoms with E-state index in [0.29, 0.717) is 6.54 Å². The number of nitrogens with one attached hydrogen (secondary N) is 1. The number of nitrogens with two attached hydrogens (primary N) is 1. The molecule has 0 radical (unpaired) electrons. The van der Waals surface area contributed by atoms with Crippen molar-refractivity contribution in [1.29, 1.82) is 0 Å². The van der Waals surface area contributed by atoms with Gasteiger partial charge >= 0.3 is 0 Å². The van der Waals surface area contributed by atoms with Crippen molar-refractivity contribution < 1.29 is 0 Å². The van der Waals surface area contributed by atoms with Gasteiger partial charge in [0.25, 0.3) is 0 Å². The summed E-state index contributed by atoms with van der Waals surface area (Å²) in [7, 11) is 0. The van der Waals surface area contributed by atoms with Crippen molar-refractivity contribution in [3.05, 3.63) is 17.1 Å². The van der Waals surface area contributed by atoms with Gasteiger partial charge < -0.3 is 5.73 Å². The van der Waals surface area contributed by atoms with Crippen LogP contribution in [0.5, 0.6) is 0 Å². The minimum absolute atomic E-state index is 0.618. The fraction of sp³-hybridized carbons (Fsp3) is 0.167. The number of H-pyrrole nitrogens is 1. The number of hydrogen-bond donors (Lipinski definition) is 2. The van der Waals surface area contributed by atoms with Crippen LogP contribution in [-0.2, 0) is 6.54 Å². The van der Waals surface area contributed by atoms with Crippen LogP contribution in [0.15, 0.2) is 12.3 Å². The van der Waals surface area contributed by atoms with Crippen LogP contribution in [0.3, 0.4) is 0 Å². The van der Waals surface area contributed by atoms with E-state index in [1.165, 1.54) is 9.58 Å². The summed E-state index contributed by atoms with van der Waals surface area (Å²) in [4.78, 5) is 1.20. The van der Waals surface area contributed by atoms with Crippen LogP contribution in [0, 0.1) is 0 Å².